The summed E-state index contributed by atoms with van der Waals surface area (Å²) >= 11 is 0. The van der Waals surface area contributed by atoms with Crippen molar-refractivity contribution in [3.8, 4) is 0 Å². The molecule has 19 heavy (non-hydrogen) atoms. The Labute approximate surface area is 116 Å². The minimum atomic E-state index is -0.475. The summed E-state index contributed by atoms with van der Waals surface area (Å²) in [6.45, 7) is 11.0. The summed E-state index contributed by atoms with van der Waals surface area (Å²) in [6.07, 6.45) is 2.04. The second-order valence-corrected chi connectivity index (χ2v) is 6.81. The van der Waals surface area contributed by atoms with Crippen LogP contribution in [0.5, 0.6) is 0 Å². The predicted octanol–water partition coefficient (Wildman–Crippen LogP) is 3.25. The van der Waals surface area contributed by atoms with E-state index in [1.807, 2.05) is 20.8 Å². The molecule has 0 spiro atoms. The lowest BCUT2D eigenvalue weighted by atomic mass is 9.96. The molecule has 0 aromatic rings. The smallest absolute Gasteiger partial charge is 0.410 e. The molecule has 1 saturated heterocycles. The second-order valence-electron chi connectivity index (χ2n) is 6.81. The van der Waals surface area contributed by atoms with Gasteiger partial charge in [-0.3, -0.25) is 4.79 Å². The number of likely N-dealkylation sites (tertiary alicyclic amines) is 1. The molecule has 0 aromatic heterocycles. The van der Waals surface area contributed by atoms with E-state index in [0.717, 1.165) is 12.8 Å². The Morgan fingerprint density at radius 1 is 1.32 bits per heavy atom. The number of hydrogen-bond acceptors (Lipinski definition) is 3. The van der Waals surface area contributed by atoms with E-state index in [9.17, 15) is 9.59 Å². The summed E-state index contributed by atoms with van der Waals surface area (Å²) in [5, 5.41) is 0. The number of ether oxygens (including phenoxy) is 1. The van der Waals surface area contributed by atoms with Gasteiger partial charge in [0.15, 0.2) is 0 Å². The highest BCUT2D eigenvalue weighted by Gasteiger charge is 2.32. The zero-order chi connectivity index (χ0) is 14.6. The zero-order valence-corrected chi connectivity index (χ0v) is 12.9. The Morgan fingerprint density at radius 3 is 2.47 bits per heavy atom. The molecule has 1 heterocycles. The number of hydrogen-bond donors (Lipinski definition) is 0. The lowest BCUT2D eigenvalue weighted by molar-refractivity contribution is -0.122. The van der Waals surface area contributed by atoms with Crippen LogP contribution in [0.2, 0.25) is 0 Å². The third kappa shape index (κ3) is 5.62. The van der Waals surface area contributed by atoms with Gasteiger partial charge < -0.3 is 9.64 Å². The molecule has 1 unspecified atom stereocenters. The molecule has 1 rings (SSSR count). The van der Waals surface area contributed by atoms with Gasteiger partial charge in [0.2, 0.25) is 0 Å². The first-order valence-corrected chi connectivity index (χ1v) is 7.19. The molecule has 0 bridgehead atoms. The maximum atomic E-state index is 12.0. The third-order valence-electron chi connectivity index (χ3n) is 3.26. The Balaban J connectivity index is 2.41. The van der Waals surface area contributed by atoms with Crippen molar-refractivity contribution in [2.45, 2.75) is 59.5 Å². The van der Waals surface area contributed by atoms with Crippen LogP contribution >= 0.6 is 0 Å². The lowest BCUT2D eigenvalue weighted by Crippen LogP contribution is -2.35. The third-order valence-corrected chi connectivity index (χ3v) is 3.26. The summed E-state index contributed by atoms with van der Waals surface area (Å²) in [4.78, 5) is 25.6. The summed E-state index contributed by atoms with van der Waals surface area (Å²) in [7, 11) is 0. The fourth-order valence-corrected chi connectivity index (χ4v) is 2.15. The second kappa shape index (κ2) is 6.40. The molecule has 0 N–H and O–H groups in total. The highest BCUT2D eigenvalue weighted by atomic mass is 16.6. The first kappa shape index (κ1) is 16.0. The van der Waals surface area contributed by atoms with Crippen LogP contribution in [0.1, 0.15) is 53.9 Å². The number of Topliss-reactive ketones (excluding diaryl/α,β-unsaturated/α-hetero) is 1. The van der Waals surface area contributed by atoms with Crippen LogP contribution < -0.4 is 0 Å². The Kier molecular flexibility index (Phi) is 5.39. The molecule has 0 aliphatic carbocycles. The first-order chi connectivity index (χ1) is 8.69. The number of carbonyl (C=O) groups is 2. The Hall–Kier alpha value is -1.06. The molecule has 0 radical (unpaired) electrons. The Morgan fingerprint density at radius 2 is 1.95 bits per heavy atom. The van der Waals surface area contributed by atoms with Crippen molar-refractivity contribution >= 4 is 11.9 Å². The van der Waals surface area contributed by atoms with Gasteiger partial charge in [0, 0.05) is 25.4 Å². The summed E-state index contributed by atoms with van der Waals surface area (Å²) in [6, 6.07) is 0. The van der Waals surface area contributed by atoms with Gasteiger partial charge in [0.1, 0.15) is 11.4 Å². The van der Waals surface area contributed by atoms with Crippen molar-refractivity contribution in [1.82, 2.24) is 4.90 Å². The van der Waals surface area contributed by atoms with Crippen LogP contribution in [0.3, 0.4) is 0 Å². The summed E-state index contributed by atoms with van der Waals surface area (Å²) in [5.41, 5.74) is -0.475. The van der Waals surface area contributed by atoms with Crippen LogP contribution in [-0.4, -0.2) is 35.5 Å². The van der Waals surface area contributed by atoms with E-state index in [1.54, 1.807) is 4.90 Å². The number of carbonyl (C=O) groups excluding carboxylic acids is 2. The van der Waals surface area contributed by atoms with Crippen LogP contribution in [-0.2, 0) is 9.53 Å². The van der Waals surface area contributed by atoms with E-state index in [-0.39, 0.29) is 12.0 Å². The van der Waals surface area contributed by atoms with E-state index in [4.69, 9.17) is 4.74 Å². The van der Waals surface area contributed by atoms with Gasteiger partial charge in [-0.15, -0.1) is 0 Å². The molecular weight excluding hydrogens is 242 g/mol. The SMILES string of the molecule is CC(C)CCC(=O)C1CCN(C(=O)OC(C)(C)C)C1. The highest BCUT2D eigenvalue weighted by Crippen LogP contribution is 2.22. The fourth-order valence-electron chi connectivity index (χ4n) is 2.15. The number of amides is 1. The van der Waals surface area contributed by atoms with Crippen molar-refractivity contribution in [3.63, 3.8) is 0 Å². The Bertz CT molecular complexity index is 331. The topological polar surface area (TPSA) is 46.6 Å². The van der Waals surface area contributed by atoms with Gasteiger partial charge in [0.25, 0.3) is 0 Å². The predicted molar refractivity (Wildman–Crippen MR) is 75.0 cm³/mol. The molecule has 1 aliphatic heterocycles. The lowest BCUT2D eigenvalue weighted by Gasteiger charge is -2.24. The highest BCUT2D eigenvalue weighted by molar-refractivity contribution is 5.82. The van der Waals surface area contributed by atoms with E-state index in [2.05, 4.69) is 13.8 Å². The van der Waals surface area contributed by atoms with Crippen molar-refractivity contribution in [2.24, 2.45) is 11.8 Å². The number of rotatable bonds is 4. The average molecular weight is 269 g/mol. The number of ketones is 1. The molecular formula is C15H27NO3. The van der Waals surface area contributed by atoms with E-state index >= 15 is 0 Å². The standard InChI is InChI=1S/C15H27NO3/c1-11(2)6-7-13(17)12-8-9-16(10-12)14(18)19-15(3,4)5/h11-12H,6-10H2,1-5H3. The largest absolute Gasteiger partial charge is 0.444 e. The molecule has 0 saturated carbocycles. The molecule has 110 valence electrons. The maximum Gasteiger partial charge on any atom is 0.410 e. The maximum absolute atomic E-state index is 12.0. The molecule has 4 heteroatoms. The van der Waals surface area contributed by atoms with Crippen molar-refractivity contribution < 1.29 is 14.3 Å². The molecule has 1 aliphatic rings. The zero-order valence-electron chi connectivity index (χ0n) is 12.9. The molecule has 4 nitrogen and oxygen atoms in total. The van der Waals surface area contributed by atoms with E-state index in [0.29, 0.717) is 31.2 Å². The van der Waals surface area contributed by atoms with Crippen molar-refractivity contribution in [1.29, 1.82) is 0 Å². The van der Waals surface area contributed by atoms with Gasteiger partial charge in [-0.2, -0.15) is 0 Å². The fraction of sp³-hybridized carbons (Fsp3) is 0.867. The van der Waals surface area contributed by atoms with Crippen LogP contribution in [0, 0.1) is 11.8 Å². The molecule has 0 aromatic carbocycles. The van der Waals surface area contributed by atoms with Gasteiger partial charge in [-0.05, 0) is 39.5 Å². The van der Waals surface area contributed by atoms with Crippen LogP contribution in [0.4, 0.5) is 4.79 Å². The molecule has 1 fully saturated rings. The van der Waals surface area contributed by atoms with Gasteiger partial charge in [-0.1, -0.05) is 13.8 Å². The first-order valence-electron chi connectivity index (χ1n) is 7.19. The normalized spacial score (nSPS) is 19.9. The van der Waals surface area contributed by atoms with Crippen molar-refractivity contribution in [3.05, 3.63) is 0 Å². The molecule has 1 atom stereocenters. The van der Waals surface area contributed by atoms with Crippen LogP contribution in [0.25, 0.3) is 0 Å². The van der Waals surface area contributed by atoms with E-state index in [1.165, 1.54) is 0 Å². The summed E-state index contributed by atoms with van der Waals surface area (Å²) in [5.74, 6) is 0.846. The van der Waals surface area contributed by atoms with Crippen LogP contribution in [0.15, 0.2) is 0 Å². The average Bonchev–Trinajstić information content (AvgIpc) is 2.72. The van der Waals surface area contributed by atoms with E-state index < -0.39 is 5.60 Å². The summed E-state index contributed by atoms with van der Waals surface area (Å²) < 4.78 is 5.32. The van der Waals surface area contributed by atoms with Gasteiger partial charge >= 0.3 is 6.09 Å². The quantitative estimate of drug-likeness (QED) is 0.787. The van der Waals surface area contributed by atoms with Crippen molar-refractivity contribution in [2.75, 3.05) is 13.1 Å². The minimum absolute atomic E-state index is 0.00580. The van der Waals surface area contributed by atoms with Gasteiger partial charge in [-0.25, -0.2) is 4.79 Å². The minimum Gasteiger partial charge on any atom is -0.444 e. The monoisotopic (exact) mass is 269 g/mol. The molecule has 1 amide bonds. The van der Waals surface area contributed by atoms with Gasteiger partial charge in [0.05, 0.1) is 0 Å². The number of nitrogens with zero attached hydrogens (tertiary/aromatic N) is 1.